The lowest BCUT2D eigenvalue weighted by Gasteiger charge is -2.31. The Morgan fingerprint density at radius 2 is 1.57 bits per heavy atom. The average Bonchev–Trinajstić information content (AvgIpc) is 3.52. The van der Waals surface area contributed by atoms with E-state index in [4.69, 9.17) is 0 Å². The molecule has 0 aliphatic carbocycles. The average molecular weight is 667 g/mol. The molecule has 2 aliphatic rings. The van der Waals surface area contributed by atoms with Crippen LogP contribution < -0.4 is 20.0 Å². The number of thiazole rings is 1. The highest BCUT2D eigenvalue weighted by Gasteiger charge is 2.56. The van der Waals surface area contributed by atoms with E-state index in [9.17, 15) is 23.6 Å². The molecule has 3 heterocycles. The molecule has 5 aromatic rings. The number of imide groups is 1. The maximum atomic E-state index is 14.1. The number of anilines is 3. The second-order valence-corrected chi connectivity index (χ2v) is 13.7. The highest BCUT2D eigenvalue weighted by molar-refractivity contribution is 8.00. The number of nitrogens with zero attached hydrogens (tertiary/aromatic N) is 3. The smallest absolute Gasteiger partial charge is 0.308 e. The quantitative estimate of drug-likeness (QED) is 0.191. The normalized spacial score (nSPS) is 18.7. The van der Waals surface area contributed by atoms with Crippen molar-refractivity contribution in [2.45, 2.75) is 36.6 Å². The summed E-state index contributed by atoms with van der Waals surface area (Å²) >= 11 is 2.16. The van der Waals surface area contributed by atoms with Gasteiger partial charge in [-0.15, -0.1) is 0 Å². The second kappa shape index (κ2) is 12.5. The summed E-state index contributed by atoms with van der Waals surface area (Å²) in [6.07, 6.45) is 0. The van der Waals surface area contributed by atoms with Crippen LogP contribution in [0.3, 0.4) is 0 Å². The number of carbonyl (C=O) groups excluding carboxylic acids is 3. The summed E-state index contributed by atoms with van der Waals surface area (Å²) in [5, 5.41) is 4.59. The summed E-state index contributed by atoms with van der Waals surface area (Å²) < 4.78 is 15.2. The van der Waals surface area contributed by atoms with Crippen LogP contribution in [0.2, 0.25) is 0 Å². The summed E-state index contributed by atoms with van der Waals surface area (Å²) in [5.41, 5.74) is 2.73. The van der Waals surface area contributed by atoms with Gasteiger partial charge in [0.05, 0.1) is 16.6 Å². The maximum absolute atomic E-state index is 14.1. The molecule has 0 radical (unpaired) electrons. The maximum Gasteiger partial charge on any atom is 0.308 e. The van der Waals surface area contributed by atoms with E-state index in [-0.39, 0.29) is 17.3 Å². The number of benzene rings is 4. The lowest BCUT2D eigenvalue weighted by molar-refractivity contribution is -0.122. The lowest BCUT2D eigenvalue weighted by Crippen LogP contribution is -2.33. The number of amides is 3. The largest absolute Gasteiger partial charge is 0.372 e. The summed E-state index contributed by atoms with van der Waals surface area (Å²) in [4.78, 5) is 58.6. The van der Waals surface area contributed by atoms with Gasteiger partial charge in [0.1, 0.15) is 17.6 Å². The van der Waals surface area contributed by atoms with Crippen molar-refractivity contribution in [1.29, 1.82) is 0 Å². The van der Waals surface area contributed by atoms with Crippen LogP contribution in [0.5, 0.6) is 0 Å². The van der Waals surface area contributed by atoms with Gasteiger partial charge in [-0.05, 0) is 78.7 Å². The van der Waals surface area contributed by atoms with Crippen LogP contribution in [0.4, 0.5) is 21.5 Å². The van der Waals surface area contributed by atoms with Crippen LogP contribution in [0, 0.1) is 11.7 Å². The van der Waals surface area contributed by atoms with Crippen molar-refractivity contribution in [2.24, 2.45) is 5.92 Å². The minimum Gasteiger partial charge on any atom is -0.372 e. The number of hydrogen-bond donors (Lipinski definition) is 1. The molecule has 4 aromatic carbocycles. The Labute approximate surface area is 278 Å². The van der Waals surface area contributed by atoms with Crippen LogP contribution in [0.25, 0.3) is 10.8 Å². The molecule has 2 aliphatic heterocycles. The molecule has 11 heteroatoms. The van der Waals surface area contributed by atoms with Crippen molar-refractivity contribution in [1.82, 2.24) is 4.57 Å². The van der Waals surface area contributed by atoms with Crippen molar-refractivity contribution in [3.63, 3.8) is 0 Å². The summed E-state index contributed by atoms with van der Waals surface area (Å²) in [6.45, 7) is 5.57. The van der Waals surface area contributed by atoms with Gasteiger partial charge in [0.15, 0.2) is 0 Å². The second-order valence-electron chi connectivity index (χ2n) is 11.5. The first-order valence-corrected chi connectivity index (χ1v) is 17.1. The third kappa shape index (κ3) is 5.53. The molecule has 8 nitrogen and oxygen atoms in total. The highest BCUT2D eigenvalue weighted by Crippen LogP contribution is 2.54. The van der Waals surface area contributed by atoms with Crippen molar-refractivity contribution in [3.05, 3.63) is 117 Å². The van der Waals surface area contributed by atoms with Crippen molar-refractivity contribution in [2.75, 3.05) is 28.2 Å². The molecule has 47 heavy (non-hydrogen) atoms. The summed E-state index contributed by atoms with van der Waals surface area (Å²) in [5.74, 6) is -3.07. The van der Waals surface area contributed by atoms with E-state index < -0.39 is 34.7 Å². The molecule has 3 atom stereocenters. The lowest BCUT2D eigenvalue weighted by atomic mass is 9.83. The third-order valence-electron chi connectivity index (χ3n) is 8.85. The molecule has 0 unspecified atom stereocenters. The predicted molar refractivity (Wildman–Crippen MR) is 185 cm³/mol. The highest BCUT2D eigenvalue weighted by atomic mass is 32.2. The zero-order chi connectivity index (χ0) is 32.8. The van der Waals surface area contributed by atoms with E-state index in [2.05, 4.69) is 24.1 Å². The Balaban J connectivity index is 1.26. The molecule has 0 saturated carbocycles. The van der Waals surface area contributed by atoms with E-state index in [1.807, 2.05) is 66.7 Å². The minimum absolute atomic E-state index is 0.251. The van der Waals surface area contributed by atoms with Gasteiger partial charge in [0.25, 0.3) is 0 Å². The van der Waals surface area contributed by atoms with Crippen molar-refractivity contribution < 1.29 is 18.8 Å². The van der Waals surface area contributed by atoms with Gasteiger partial charge in [-0.3, -0.25) is 23.7 Å². The van der Waals surface area contributed by atoms with Crippen LogP contribution in [-0.4, -0.2) is 40.6 Å². The van der Waals surface area contributed by atoms with Crippen molar-refractivity contribution in [3.8, 4) is 0 Å². The van der Waals surface area contributed by atoms with E-state index in [0.29, 0.717) is 21.3 Å². The molecule has 1 fully saturated rings. The minimum atomic E-state index is -0.837. The fourth-order valence-electron chi connectivity index (χ4n) is 6.55. The van der Waals surface area contributed by atoms with Gasteiger partial charge in [-0.2, -0.15) is 0 Å². The van der Waals surface area contributed by atoms with E-state index in [1.165, 1.54) is 28.8 Å². The SMILES string of the molecule is CCN(CC)c1ccc([C@@H]2c3sc(=O)n(CC(=O)Nc4ccc5ccccc5c4)c3S[C@H]3C(=O)N(c4ccc(F)cc4)C(=O)[C@@H]23)cc1. The molecule has 238 valence electrons. The molecule has 7 rings (SSSR count). The molecule has 0 bridgehead atoms. The van der Waals surface area contributed by atoms with Gasteiger partial charge in [0.2, 0.25) is 17.7 Å². The molecule has 0 spiro atoms. The van der Waals surface area contributed by atoms with Crippen LogP contribution in [0.1, 0.15) is 30.2 Å². The van der Waals surface area contributed by atoms with Gasteiger partial charge in [-0.1, -0.05) is 65.6 Å². The number of halogens is 1. The number of carbonyl (C=O) groups is 3. The molecule has 1 aromatic heterocycles. The van der Waals surface area contributed by atoms with E-state index in [0.717, 1.165) is 63.1 Å². The fraction of sp³-hybridized carbons (Fsp3) is 0.222. The molecular weight excluding hydrogens is 636 g/mol. The number of nitrogens with one attached hydrogen (secondary N) is 1. The zero-order valence-corrected chi connectivity index (χ0v) is 27.3. The van der Waals surface area contributed by atoms with Gasteiger partial charge >= 0.3 is 4.87 Å². The third-order valence-corrected chi connectivity index (χ3v) is 11.5. The van der Waals surface area contributed by atoms with Crippen molar-refractivity contribution >= 4 is 68.7 Å². The fourth-order valence-corrected chi connectivity index (χ4v) is 9.32. The Kier molecular flexibility index (Phi) is 8.19. The van der Waals surface area contributed by atoms with Crippen LogP contribution in [0.15, 0.2) is 101 Å². The monoisotopic (exact) mass is 666 g/mol. The summed E-state index contributed by atoms with van der Waals surface area (Å²) in [6, 6.07) is 26.6. The Hall–Kier alpha value is -4.74. The number of thioether (sulfide) groups is 1. The first-order chi connectivity index (χ1) is 22.8. The molecule has 3 amide bonds. The first kappa shape index (κ1) is 30.9. The summed E-state index contributed by atoms with van der Waals surface area (Å²) in [7, 11) is 0. The Morgan fingerprint density at radius 3 is 2.28 bits per heavy atom. The molecule has 1 N–H and O–H groups in total. The number of aromatic nitrogens is 1. The molecule has 1 saturated heterocycles. The number of rotatable bonds is 8. The standard InChI is InChI=1S/C36H31FN4O4S2/c1-3-39(4-2)26-15-10-22(11-16-26)29-30-31(34(44)41(33(30)43)27-17-12-24(37)13-18-27)46-35-32(29)47-36(45)40(35)20-28(42)38-25-14-9-21-7-5-6-8-23(21)19-25/h5-19,29-31H,3-4,20H2,1-2H3,(H,38,42)/t29-,30-,31+/m0/s1. The van der Waals surface area contributed by atoms with E-state index in [1.54, 1.807) is 0 Å². The predicted octanol–water partition coefficient (Wildman–Crippen LogP) is 6.48. The Morgan fingerprint density at radius 1 is 0.872 bits per heavy atom. The van der Waals surface area contributed by atoms with E-state index >= 15 is 0 Å². The first-order valence-electron chi connectivity index (χ1n) is 15.4. The van der Waals surface area contributed by atoms with Crippen LogP contribution in [-0.2, 0) is 20.9 Å². The van der Waals surface area contributed by atoms with Gasteiger partial charge < -0.3 is 10.2 Å². The number of hydrogen-bond acceptors (Lipinski definition) is 7. The topological polar surface area (TPSA) is 91.7 Å². The Bertz CT molecular complexity index is 2070. The van der Waals surface area contributed by atoms with Gasteiger partial charge in [0, 0.05) is 35.3 Å². The molecular formula is C36H31FN4O4S2. The number of fused-ring (bicyclic) bond motifs is 3. The van der Waals surface area contributed by atoms with Crippen LogP contribution >= 0.6 is 23.1 Å². The van der Waals surface area contributed by atoms with Gasteiger partial charge in [-0.25, -0.2) is 9.29 Å². The zero-order valence-electron chi connectivity index (χ0n) is 25.7.